The zero-order valence-corrected chi connectivity index (χ0v) is 12.9. The minimum absolute atomic E-state index is 0.534. The number of piperidine rings is 1. The van der Waals surface area contributed by atoms with Gasteiger partial charge in [0, 0.05) is 19.1 Å². The van der Waals surface area contributed by atoms with E-state index < -0.39 is 0 Å². The summed E-state index contributed by atoms with van der Waals surface area (Å²) in [6.45, 7) is 10.6. The van der Waals surface area contributed by atoms with Crippen LogP contribution >= 0.6 is 0 Å². The Hall–Kier alpha value is -0.0800. The van der Waals surface area contributed by atoms with Crippen LogP contribution in [0.2, 0.25) is 0 Å². The molecule has 0 aromatic carbocycles. The van der Waals surface area contributed by atoms with Gasteiger partial charge in [-0.1, -0.05) is 39.5 Å². The van der Waals surface area contributed by atoms with Crippen molar-refractivity contribution >= 4 is 0 Å². The van der Waals surface area contributed by atoms with E-state index in [9.17, 15) is 0 Å². The third-order valence-electron chi connectivity index (χ3n) is 4.41. The molecule has 0 aliphatic carbocycles. The SMILES string of the molecule is CCCCCC(C)NCC1(CCC)CCCNC1. The summed E-state index contributed by atoms with van der Waals surface area (Å²) in [6, 6.07) is 0.687. The van der Waals surface area contributed by atoms with Gasteiger partial charge in [0.15, 0.2) is 0 Å². The Morgan fingerprint density at radius 1 is 1.22 bits per heavy atom. The van der Waals surface area contributed by atoms with Gasteiger partial charge in [0.25, 0.3) is 0 Å². The van der Waals surface area contributed by atoms with Gasteiger partial charge < -0.3 is 10.6 Å². The Kier molecular flexibility index (Phi) is 7.92. The molecule has 108 valence electrons. The van der Waals surface area contributed by atoms with Crippen molar-refractivity contribution in [3.05, 3.63) is 0 Å². The van der Waals surface area contributed by atoms with Crippen LogP contribution in [0.1, 0.15) is 72.1 Å². The maximum absolute atomic E-state index is 3.80. The number of rotatable bonds is 9. The second-order valence-corrected chi connectivity index (χ2v) is 6.31. The maximum Gasteiger partial charge on any atom is 0.00389 e. The van der Waals surface area contributed by atoms with Crippen LogP contribution in [0.25, 0.3) is 0 Å². The molecule has 2 heteroatoms. The van der Waals surface area contributed by atoms with Crippen molar-refractivity contribution in [2.75, 3.05) is 19.6 Å². The van der Waals surface area contributed by atoms with E-state index in [4.69, 9.17) is 0 Å². The highest BCUT2D eigenvalue weighted by Crippen LogP contribution is 2.31. The minimum Gasteiger partial charge on any atom is -0.316 e. The van der Waals surface area contributed by atoms with Gasteiger partial charge in [-0.05, 0) is 44.6 Å². The van der Waals surface area contributed by atoms with Crippen molar-refractivity contribution in [3.8, 4) is 0 Å². The lowest BCUT2D eigenvalue weighted by Gasteiger charge is -2.39. The number of hydrogen-bond acceptors (Lipinski definition) is 2. The monoisotopic (exact) mass is 254 g/mol. The van der Waals surface area contributed by atoms with Crippen LogP contribution in [0, 0.1) is 5.41 Å². The third-order valence-corrected chi connectivity index (χ3v) is 4.41. The van der Waals surface area contributed by atoms with Crippen molar-refractivity contribution in [2.24, 2.45) is 5.41 Å². The van der Waals surface area contributed by atoms with E-state index in [1.807, 2.05) is 0 Å². The van der Waals surface area contributed by atoms with E-state index in [0.717, 1.165) is 0 Å². The second kappa shape index (κ2) is 8.92. The molecule has 1 rings (SSSR count). The summed E-state index contributed by atoms with van der Waals surface area (Å²) in [6.07, 6.45) is 10.9. The van der Waals surface area contributed by atoms with Crippen LogP contribution in [0.5, 0.6) is 0 Å². The van der Waals surface area contributed by atoms with Crippen molar-refractivity contribution < 1.29 is 0 Å². The molecule has 1 heterocycles. The van der Waals surface area contributed by atoms with Crippen molar-refractivity contribution in [1.29, 1.82) is 0 Å². The zero-order valence-electron chi connectivity index (χ0n) is 12.9. The van der Waals surface area contributed by atoms with Crippen LogP contribution < -0.4 is 10.6 Å². The van der Waals surface area contributed by atoms with Gasteiger partial charge in [0.2, 0.25) is 0 Å². The highest BCUT2D eigenvalue weighted by molar-refractivity contribution is 4.87. The summed E-state index contributed by atoms with van der Waals surface area (Å²) in [4.78, 5) is 0. The second-order valence-electron chi connectivity index (χ2n) is 6.31. The summed E-state index contributed by atoms with van der Waals surface area (Å²) in [5, 5.41) is 7.39. The van der Waals surface area contributed by atoms with Crippen LogP contribution in [0.4, 0.5) is 0 Å². The molecule has 0 amide bonds. The molecular formula is C16H34N2. The molecule has 1 aliphatic heterocycles. The average Bonchev–Trinajstić information content (AvgIpc) is 2.38. The Labute approximate surface area is 114 Å². The average molecular weight is 254 g/mol. The predicted octanol–water partition coefficient (Wildman–Crippen LogP) is 3.71. The van der Waals surface area contributed by atoms with Gasteiger partial charge in [-0.15, -0.1) is 0 Å². The first-order valence-electron chi connectivity index (χ1n) is 8.16. The number of nitrogens with one attached hydrogen (secondary N) is 2. The summed E-state index contributed by atoms with van der Waals surface area (Å²) in [5.41, 5.74) is 0.534. The van der Waals surface area contributed by atoms with Gasteiger partial charge in [0.05, 0.1) is 0 Å². The van der Waals surface area contributed by atoms with Crippen LogP contribution in [0.15, 0.2) is 0 Å². The molecule has 0 bridgehead atoms. The molecule has 0 spiro atoms. The maximum atomic E-state index is 3.80. The Balaban J connectivity index is 2.28. The minimum atomic E-state index is 0.534. The molecule has 2 nitrogen and oxygen atoms in total. The fourth-order valence-corrected chi connectivity index (χ4v) is 3.21. The first-order chi connectivity index (χ1) is 8.72. The van der Waals surface area contributed by atoms with E-state index in [1.54, 1.807) is 0 Å². The summed E-state index contributed by atoms with van der Waals surface area (Å²) < 4.78 is 0. The zero-order chi connectivity index (χ0) is 13.3. The standard InChI is InChI=1S/C16H34N2/c1-4-6-7-9-15(3)18-14-16(10-5-2)11-8-12-17-13-16/h15,17-18H,4-14H2,1-3H3. The van der Waals surface area contributed by atoms with Gasteiger partial charge in [-0.3, -0.25) is 0 Å². The summed E-state index contributed by atoms with van der Waals surface area (Å²) >= 11 is 0. The van der Waals surface area contributed by atoms with Crippen LogP contribution in [-0.2, 0) is 0 Å². The highest BCUT2D eigenvalue weighted by atomic mass is 15.0. The van der Waals surface area contributed by atoms with Crippen LogP contribution in [-0.4, -0.2) is 25.7 Å². The third kappa shape index (κ3) is 5.71. The molecule has 18 heavy (non-hydrogen) atoms. The van der Waals surface area contributed by atoms with E-state index in [2.05, 4.69) is 31.4 Å². The largest absolute Gasteiger partial charge is 0.316 e. The van der Waals surface area contributed by atoms with Crippen molar-refractivity contribution in [2.45, 2.75) is 78.2 Å². The summed E-state index contributed by atoms with van der Waals surface area (Å²) in [5.74, 6) is 0. The topological polar surface area (TPSA) is 24.1 Å². The van der Waals surface area contributed by atoms with Gasteiger partial charge in [-0.2, -0.15) is 0 Å². The van der Waals surface area contributed by atoms with E-state index >= 15 is 0 Å². The number of hydrogen-bond donors (Lipinski definition) is 2. The molecule has 2 atom stereocenters. The fourth-order valence-electron chi connectivity index (χ4n) is 3.21. The molecule has 0 aromatic rings. The van der Waals surface area contributed by atoms with Gasteiger partial charge >= 0.3 is 0 Å². The molecule has 2 N–H and O–H groups in total. The van der Waals surface area contributed by atoms with E-state index in [1.165, 1.54) is 71.0 Å². The molecule has 0 radical (unpaired) electrons. The van der Waals surface area contributed by atoms with Gasteiger partial charge in [-0.25, -0.2) is 0 Å². The van der Waals surface area contributed by atoms with Crippen LogP contribution in [0.3, 0.4) is 0 Å². The molecular weight excluding hydrogens is 220 g/mol. The van der Waals surface area contributed by atoms with Gasteiger partial charge in [0.1, 0.15) is 0 Å². The lowest BCUT2D eigenvalue weighted by Crippen LogP contribution is -2.48. The Bertz CT molecular complexity index is 192. The lowest BCUT2D eigenvalue weighted by atomic mass is 9.77. The smallest absolute Gasteiger partial charge is 0.00389 e. The molecule has 2 unspecified atom stereocenters. The van der Waals surface area contributed by atoms with Crippen molar-refractivity contribution in [1.82, 2.24) is 10.6 Å². The number of unbranched alkanes of at least 4 members (excludes halogenated alkanes) is 2. The van der Waals surface area contributed by atoms with E-state index in [0.29, 0.717) is 11.5 Å². The van der Waals surface area contributed by atoms with E-state index in [-0.39, 0.29) is 0 Å². The molecule has 0 aromatic heterocycles. The highest BCUT2D eigenvalue weighted by Gasteiger charge is 2.30. The molecule has 1 saturated heterocycles. The first kappa shape index (κ1) is 16.0. The Morgan fingerprint density at radius 2 is 2.06 bits per heavy atom. The lowest BCUT2D eigenvalue weighted by molar-refractivity contribution is 0.176. The summed E-state index contributed by atoms with van der Waals surface area (Å²) in [7, 11) is 0. The molecule has 0 saturated carbocycles. The molecule has 1 aliphatic rings. The quantitative estimate of drug-likeness (QED) is 0.613. The molecule has 1 fully saturated rings. The predicted molar refractivity (Wildman–Crippen MR) is 81.1 cm³/mol. The normalized spacial score (nSPS) is 26.2. The Morgan fingerprint density at radius 3 is 2.67 bits per heavy atom. The fraction of sp³-hybridized carbons (Fsp3) is 1.00. The first-order valence-corrected chi connectivity index (χ1v) is 8.16. The van der Waals surface area contributed by atoms with Crippen molar-refractivity contribution in [3.63, 3.8) is 0 Å².